The third-order valence-corrected chi connectivity index (χ3v) is 7.03. The lowest BCUT2D eigenvalue weighted by molar-refractivity contribution is -0.286. The van der Waals surface area contributed by atoms with E-state index in [1.54, 1.807) is 0 Å². The van der Waals surface area contributed by atoms with Gasteiger partial charge in [-0.2, -0.15) is 9.57 Å². The van der Waals surface area contributed by atoms with Crippen LogP contribution in [0.5, 0.6) is 11.5 Å². The average Bonchev–Trinajstić information content (AvgIpc) is 3.07. The second-order valence-electron chi connectivity index (χ2n) is 7.13. The van der Waals surface area contributed by atoms with Crippen molar-refractivity contribution in [2.45, 2.75) is 24.0 Å². The first-order valence-electron chi connectivity index (χ1n) is 9.39. The van der Waals surface area contributed by atoms with E-state index in [-0.39, 0.29) is 41.1 Å². The standard InChI is InChI=1S/C20H17F2N3O5S/c21-20(22)29-17-6-3-15(11-18(17)30-20)24-19(26)14-7-9-25(10-8-14)31(27,28)16-4-1-13(12-23)2-5-16/h1-6,11,14H,7-10H2,(H,24,26). The molecule has 31 heavy (non-hydrogen) atoms. The van der Waals surface area contributed by atoms with Crippen LogP contribution < -0.4 is 14.8 Å². The number of nitrogens with one attached hydrogen (secondary N) is 1. The number of fused-ring (bicyclic) bond motifs is 1. The Balaban J connectivity index is 1.36. The lowest BCUT2D eigenvalue weighted by Crippen LogP contribution is -2.41. The maximum absolute atomic E-state index is 13.1. The monoisotopic (exact) mass is 449 g/mol. The molecule has 8 nitrogen and oxygen atoms in total. The predicted molar refractivity (Wildman–Crippen MR) is 104 cm³/mol. The number of carbonyl (C=O) groups is 1. The Kier molecular flexibility index (Phi) is 5.28. The number of carbonyl (C=O) groups excluding carboxylic acids is 1. The molecule has 0 spiro atoms. The summed E-state index contributed by atoms with van der Waals surface area (Å²) in [7, 11) is -3.72. The summed E-state index contributed by atoms with van der Waals surface area (Å²) in [6.07, 6.45) is -3.12. The van der Waals surface area contributed by atoms with Crippen LogP contribution in [0.25, 0.3) is 0 Å². The van der Waals surface area contributed by atoms with Gasteiger partial charge in [-0.3, -0.25) is 4.79 Å². The van der Waals surface area contributed by atoms with Crippen LogP contribution in [0.3, 0.4) is 0 Å². The van der Waals surface area contributed by atoms with E-state index in [1.807, 2.05) is 6.07 Å². The number of rotatable bonds is 4. The normalized spacial score (nSPS) is 18.4. The second-order valence-corrected chi connectivity index (χ2v) is 9.07. The minimum Gasteiger partial charge on any atom is -0.395 e. The maximum atomic E-state index is 13.1. The van der Waals surface area contributed by atoms with Crippen molar-refractivity contribution in [2.24, 2.45) is 5.92 Å². The largest absolute Gasteiger partial charge is 0.586 e. The van der Waals surface area contributed by atoms with Crippen molar-refractivity contribution in [1.82, 2.24) is 4.31 Å². The van der Waals surface area contributed by atoms with Crippen LogP contribution in [0.2, 0.25) is 0 Å². The van der Waals surface area contributed by atoms with Crippen LogP contribution in [-0.4, -0.2) is 38.0 Å². The molecule has 1 amide bonds. The third-order valence-electron chi connectivity index (χ3n) is 5.11. The Hall–Kier alpha value is -3.23. The molecule has 2 aromatic carbocycles. The number of benzene rings is 2. The van der Waals surface area contributed by atoms with E-state index >= 15 is 0 Å². The van der Waals surface area contributed by atoms with Gasteiger partial charge in [0.15, 0.2) is 11.5 Å². The molecular weight excluding hydrogens is 432 g/mol. The first-order chi connectivity index (χ1) is 14.7. The minimum absolute atomic E-state index is 0.0894. The zero-order chi connectivity index (χ0) is 22.2. The fourth-order valence-corrected chi connectivity index (χ4v) is 4.95. The molecule has 2 aliphatic rings. The van der Waals surface area contributed by atoms with Gasteiger partial charge >= 0.3 is 6.29 Å². The van der Waals surface area contributed by atoms with Gasteiger partial charge in [0, 0.05) is 30.8 Å². The van der Waals surface area contributed by atoms with Crippen molar-refractivity contribution < 1.29 is 31.5 Å². The number of nitrogens with zero attached hydrogens (tertiary/aromatic N) is 2. The van der Waals surface area contributed by atoms with E-state index in [0.717, 1.165) is 0 Å². The van der Waals surface area contributed by atoms with E-state index < -0.39 is 22.2 Å². The highest BCUT2D eigenvalue weighted by Crippen LogP contribution is 2.42. The quantitative estimate of drug-likeness (QED) is 0.769. The molecule has 2 heterocycles. The number of anilines is 1. The second kappa shape index (κ2) is 7.79. The molecule has 1 N–H and O–H groups in total. The van der Waals surface area contributed by atoms with Gasteiger partial charge < -0.3 is 14.8 Å². The Morgan fingerprint density at radius 1 is 1.10 bits per heavy atom. The number of alkyl halides is 2. The number of piperidine rings is 1. The zero-order valence-electron chi connectivity index (χ0n) is 16.0. The SMILES string of the molecule is N#Cc1ccc(S(=O)(=O)N2CCC(C(=O)Nc3ccc4c(c3)OC(F)(F)O4)CC2)cc1. The molecule has 0 aromatic heterocycles. The summed E-state index contributed by atoms with van der Waals surface area (Å²) in [6, 6.07) is 11.5. The van der Waals surface area contributed by atoms with Crippen LogP contribution in [0.15, 0.2) is 47.4 Å². The number of hydrogen-bond donors (Lipinski definition) is 1. The van der Waals surface area contributed by atoms with Gasteiger partial charge in [0.2, 0.25) is 15.9 Å². The molecule has 2 aromatic rings. The van der Waals surface area contributed by atoms with Gasteiger partial charge in [-0.15, -0.1) is 8.78 Å². The van der Waals surface area contributed by atoms with Gasteiger partial charge in [-0.25, -0.2) is 8.42 Å². The molecule has 0 radical (unpaired) electrons. The highest BCUT2D eigenvalue weighted by Gasteiger charge is 2.43. The Morgan fingerprint density at radius 2 is 1.74 bits per heavy atom. The minimum atomic E-state index is -3.74. The lowest BCUT2D eigenvalue weighted by atomic mass is 9.97. The maximum Gasteiger partial charge on any atom is 0.586 e. The van der Waals surface area contributed by atoms with Gasteiger partial charge in [-0.05, 0) is 49.2 Å². The van der Waals surface area contributed by atoms with E-state index in [4.69, 9.17) is 5.26 Å². The predicted octanol–water partition coefficient (Wildman–Crippen LogP) is 2.92. The molecule has 1 saturated heterocycles. The van der Waals surface area contributed by atoms with Crippen molar-refractivity contribution in [2.75, 3.05) is 18.4 Å². The molecule has 4 rings (SSSR count). The molecule has 1 fully saturated rings. The van der Waals surface area contributed by atoms with Crippen LogP contribution in [0.1, 0.15) is 18.4 Å². The van der Waals surface area contributed by atoms with Gasteiger partial charge in [0.1, 0.15) is 0 Å². The summed E-state index contributed by atoms with van der Waals surface area (Å²) in [5.74, 6) is -1.06. The fraction of sp³-hybridized carbons (Fsp3) is 0.300. The van der Waals surface area contributed by atoms with Crippen molar-refractivity contribution >= 4 is 21.6 Å². The van der Waals surface area contributed by atoms with E-state index in [9.17, 15) is 22.0 Å². The molecule has 0 atom stereocenters. The molecule has 0 bridgehead atoms. The topological polar surface area (TPSA) is 109 Å². The number of hydrogen-bond acceptors (Lipinski definition) is 6. The highest BCUT2D eigenvalue weighted by molar-refractivity contribution is 7.89. The molecule has 0 aliphatic carbocycles. The van der Waals surface area contributed by atoms with Crippen molar-refractivity contribution in [3.63, 3.8) is 0 Å². The van der Waals surface area contributed by atoms with Crippen molar-refractivity contribution in [3.05, 3.63) is 48.0 Å². The van der Waals surface area contributed by atoms with Crippen LogP contribution in [-0.2, 0) is 14.8 Å². The van der Waals surface area contributed by atoms with Crippen molar-refractivity contribution in [1.29, 1.82) is 5.26 Å². The summed E-state index contributed by atoms with van der Waals surface area (Å²) in [5, 5.41) is 11.5. The van der Waals surface area contributed by atoms with E-state index in [2.05, 4.69) is 14.8 Å². The van der Waals surface area contributed by atoms with E-state index in [0.29, 0.717) is 18.4 Å². The van der Waals surface area contributed by atoms with Crippen LogP contribution in [0, 0.1) is 17.2 Å². The molecule has 162 valence electrons. The number of halogens is 2. The molecule has 11 heteroatoms. The molecule has 0 saturated carbocycles. The summed E-state index contributed by atoms with van der Waals surface area (Å²) in [5.41, 5.74) is 0.638. The number of nitriles is 1. The third kappa shape index (κ3) is 4.30. The molecular formula is C20H17F2N3O5S. The molecule has 2 aliphatic heterocycles. The first kappa shape index (κ1) is 21.0. The van der Waals surface area contributed by atoms with Crippen molar-refractivity contribution in [3.8, 4) is 17.6 Å². The molecule has 0 unspecified atom stereocenters. The lowest BCUT2D eigenvalue weighted by Gasteiger charge is -2.30. The smallest absolute Gasteiger partial charge is 0.395 e. The van der Waals surface area contributed by atoms with E-state index in [1.165, 1.54) is 46.8 Å². The highest BCUT2D eigenvalue weighted by atomic mass is 32.2. The first-order valence-corrected chi connectivity index (χ1v) is 10.8. The number of sulfonamides is 1. The number of amides is 1. The average molecular weight is 449 g/mol. The Morgan fingerprint density at radius 3 is 2.39 bits per heavy atom. The fourth-order valence-electron chi connectivity index (χ4n) is 3.48. The summed E-state index contributed by atoms with van der Waals surface area (Å²) in [6.45, 7) is 0.321. The van der Waals surface area contributed by atoms with Gasteiger partial charge in [0.25, 0.3) is 0 Å². The summed E-state index contributed by atoms with van der Waals surface area (Å²) >= 11 is 0. The number of ether oxygens (including phenoxy) is 2. The van der Waals surface area contributed by atoms with Crippen LogP contribution in [0.4, 0.5) is 14.5 Å². The van der Waals surface area contributed by atoms with Gasteiger partial charge in [0.05, 0.1) is 16.5 Å². The Bertz CT molecular complexity index is 1150. The summed E-state index contributed by atoms with van der Waals surface area (Å²) in [4.78, 5) is 12.7. The summed E-state index contributed by atoms with van der Waals surface area (Å²) < 4.78 is 61.8. The zero-order valence-corrected chi connectivity index (χ0v) is 16.9. The Labute approximate surface area is 177 Å². The van der Waals surface area contributed by atoms with Gasteiger partial charge in [-0.1, -0.05) is 0 Å². The van der Waals surface area contributed by atoms with Crippen LogP contribution >= 0.6 is 0 Å².